The molecule has 0 aliphatic heterocycles. The Morgan fingerprint density at radius 3 is 2.68 bits per heavy atom. The van der Waals surface area contributed by atoms with Gasteiger partial charge in [0.2, 0.25) is 5.91 Å². The summed E-state index contributed by atoms with van der Waals surface area (Å²) in [5.41, 5.74) is 2.96. The van der Waals surface area contributed by atoms with E-state index in [1.54, 1.807) is 23.7 Å². The maximum atomic E-state index is 13.7. The lowest BCUT2D eigenvalue weighted by molar-refractivity contribution is -0.119. The first-order valence-electron chi connectivity index (χ1n) is 7.06. The van der Waals surface area contributed by atoms with Crippen LogP contribution >= 0.6 is 15.9 Å². The number of aromatic nitrogens is 2. The highest BCUT2D eigenvalue weighted by Gasteiger charge is 2.18. The number of nitrogens with zero attached hydrogens (tertiary/aromatic N) is 2. The number of carbonyl (C=O) groups excluding carboxylic acids is 1. The van der Waals surface area contributed by atoms with Crippen molar-refractivity contribution in [1.29, 1.82) is 0 Å². The van der Waals surface area contributed by atoms with Gasteiger partial charge in [-0.05, 0) is 54.4 Å². The molecule has 0 spiro atoms. The van der Waals surface area contributed by atoms with Crippen LogP contribution in [0.15, 0.2) is 22.7 Å². The zero-order valence-corrected chi connectivity index (χ0v) is 14.7. The number of nitrogens with one attached hydrogen (secondary N) is 1. The zero-order chi connectivity index (χ0) is 16.4. The molecule has 6 heteroatoms. The fourth-order valence-electron chi connectivity index (χ4n) is 2.19. The Kier molecular flexibility index (Phi) is 5.01. The average Bonchev–Trinajstić information content (AvgIpc) is 2.70. The van der Waals surface area contributed by atoms with Gasteiger partial charge in [0.25, 0.3) is 0 Å². The molecule has 4 nitrogen and oxygen atoms in total. The molecule has 0 unspecified atom stereocenters. The van der Waals surface area contributed by atoms with Crippen molar-refractivity contribution in [2.24, 2.45) is 5.92 Å². The smallest absolute Gasteiger partial charge is 0.229 e. The minimum absolute atomic E-state index is 0.214. The highest BCUT2D eigenvalue weighted by molar-refractivity contribution is 9.10. The second-order valence-corrected chi connectivity index (χ2v) is 6.33. The number of amides is 1. The van der Waals surface area contributed by atoms with Crippen molar-refractivity contribution >= 4 is 27.5 Å². The summed E-state index contributed by atoms with van der Waals surface area (Å²) < 4.78 is 16.4. The van der Waals surface area contributed by atoms with E-state index in [9.17, 15) is 9.18 Å². The Bertz CT molecular complexity index is 712. The molecule has 1 amide bonds. The predicted molar refractivity (Wildman–Crippen MR) is 88.3 cm³/mol. The number of halogens is 2. The van der Waals surface area contributed by atoms with Crippen LogP contribution in [-0.2, 0) is 11.3 Å². The van der Waals surface area contributed by atoms with Crippen LogP contribution in [0.5, 0.6) is 0 Å². The van der Waals surface area contributed by atoms with Crippen LogP contribution in [0.2, 0.25) is 0 Å². The molecule has 2 rings (SSSR count). The summed E-state index contributed by atoms with van der Waals surface area (Å²) in [6.45, 7) is 7.94. The van der Waals surface area contributed by atoms with E-state index in [-0.39, 0.29) is 17.5 Å². The van der Waals surface area contributed by atoms with Gasteiger partial charge >= 0.3 is 0 Å². The van der Waals surface area contributed by atoms with Crippen LogP contribution in [0.3, 0.4) is 0 Å². The highest BCUT2D eigenvalue weighted by atomic mass is 79.9. The lowest BCUT2D eigenvalue weighted by atomic mass is 10.1. The van der Waals surface area contributed by atoms with Gasteiger partial charge in [-0.2, -0.15) is 5.10 Å². The molecule has 1 aromatic carbocycles. The molecule has 1 atom stereocenters. The number of hydrogen-bond donors (Lipinski definition) is 1. The molecule has 0 saturated carbocycles. The molecule has 2 aromatic rings. The SMILES string of the molecule is Cc1ccc(F)c(NC(=O)[C@H](C)Cn2nc(C)c(Br)c2C)c1. The maximum Gasteiger partial charge on any atom is 0.229 e. The van der Waals surface area contributed by atoms with E-state index < -0.39 is 5.82 Å². The van der Waals surface area contributed by atoms with Gasteiger partial charge in [0, 0.05) is 5.69 Å². The van der Waals surface area contributed by atoms with Crippen LogP contribution in [-0.4, -0.2) is 15.7 Å². The second kappa shape index (κ2) is 6.60. The first kappa shape index (κ1) is 16.7. The molecule has 1 aromatic heterocycles. The number of benzene rings is 1. The van der Waals surface area contributed by atoms with E-state index in [1.165, 1.54) is 6.07 Å². The van der Waals surface area contributed by atoms with E-state index in [2.05, 4.69) is 26.3 Å². The van der Waals surface area contributed by atoms with Crippen LogP contribution in [0.25, 0.3) is 0 Å². The Labute approximate surface area is 137 Å². The van der Waals surface area contributed by atoms with Crippen molar-refractivity contribution in [2.75, 3.05) is 5.32 Å². The molecular formula is C16H19BrFN3O. The highest BCUT2D eigenvalue weighted by Crippen LogP contribution is 2.21. The van der Waals surface area contributed by atoms with Gasteiger partial charge in [-0.1, -0.05) is 13.0 Å². The van der Waals surface area contributed by atoms with Crippen molar-refractivity contribution in [1.82, 2.24) is 9.78 Å². The van der Waals surface area contributed by atoms with Gasteiger partial charge in [-0.3, -0.25) is 9.48 Å². The van der Waals surface area contributed by atoms with Gasteiger partial charge in [0.05, 0.1) is 28.3 Å². The summed E-state index contributed by atoms with van der Waals surface area (Å²) in [4.78, 5) is 12.3. The summed E-state index contributed by atoms with van der Waals surface area (Å²) in [5.74, 6) is -0.988. The van der Waals surface area contributed by atoms with Gasteiger partial charge < -0.3 is 5.32 Å². The predicted octanol–water partition coefficient (Wildman–Crippen LogP) is 3.98. The fraction of sp³-hybridized carbons (Fsp3) is 0.375. The molecule has 118 valence electrons. The maximum absolute atomic E-state index is 13.7. The number of hydrogen-bond acceptors (Lipinski definition) is 2. The topological polar surface area (TPSA) is 46.9 Å². The zero-order valence-electron chi connectivity index (χ0n) is 13.1. The molecule has 1 heterocycles. The lowest BCUT2D eigenvalue weighted by Gasteiger charge is -2.14. The molecule has 0 aliphatic rings. The first-order chi connectivity index (χ1) is 10.3. The summed E-state index contributed by atoms with van der Waals surface area (Å²) >= 11 is 3.46. The van der Waals surface area contributed by atoms with E-state index in [0.29, 0.717) is 6.54 Å². The fourth-order valence-corrected chi connectivity index (χ4v) is 2.47. The Hall–Kier alpha value is -1.69. The van der Waals surface area contributed by atoms with E-state index in [1.807, 2.05) is 20.8 Å². The summed E-state index contributed by atoms with van der Waals surface area (Å²) in [5, 5.41) is 7.03. The molecular weight excluding hydrogens is 349 g/mol. The molecule has 22 heavy (non-hydrogen) atoms. The molecule has 0 saturated heterocycles. The quantitative estimate of drug-likeness (QED) is 0.887. The monoisotopic (exact) mass is 367 g/mol. The Morgan fingerprint density at radius 2 is 2.09 bits per heavy atom. The number of carbonyl (C=O) groups is 1. The summed E-state index contributed by atoms with van der Waals surface area (Å²) in [7, 11) is 0. The Morgan fingerprint density at radius 1 is 1.41 bits per heavy atom. The van der Waals surface area contributed by atoms with Crippen LogP contribution in [0.4, 0.5) is 10.1 Å². The van der Waals surface area contributed by atoms with Crippen molar-refractivity contribution in [2.45, 2.75) is 34.2 Å². The number of rotatable bonds is 4. The largest absolute Gasteiger partial charge is 0.323 e. The molecule has 0 aliphatic carbocycles. The van der Waals surface area contributed by atoms with Gasteiger partial charge in [0.15, 0.2) is 0 Å². The van der Waals surface area contributed by atoms with E-state index >= 15 is 0 Å². The van der Waals surface area contributed by atoms with Gasteiger partial charge in [0.1, 0.15) is 5.82 Å². The van der Waals surface area contributed by atoms with Crippen molar-refractivity contribution < 1.29 is 9.18 Å². The van der Waals surface area contributed by atoms with Crippen molar-refractivity contribution in [3.8, 4) is 0 Å². The van der Waals surface area contributed by atoms with Crippen molar-refractivity contribution in [3.63, 3.8) is 0 Å². The third kappa shape index (κ3) is 3.55. The Balaban J connectivity index is 2.09. The van der Waals surface area contributed by atoms with Gasteiger partial charge in [-0.15, -0.1) is 0 Å². The second-order valence-electron chi connectivity index (χ2n) is 5.54. The number of aryl methyl sites for hydroxylation is 2. The summed E-state index contributed by atoms with van der Waals surface area (Å²) in [6, 6.07) is 4.65. The van der Waals surface area contributed by atoms with Crippen LogP contribution < -0.4 is 5.32 Å². The molecule has 0 bridgehead atoms. The van der Waals surface area contributed by atoms with Gasteiger partial charge in [-0.25, -0.2) is 4.39 Å². The summed E-state index contributed by atoms with van der Waals surface area (Å²) in [6.07, 6.45) is 0. The molecule has 0 fully saturated rings. The third-order valence-corrected chi connectivity index (χ3v) is 4.71. The molecule has 0 radical (unpaired) electrons. The molecule has 1 N–H and O–H groups in total. The van der Waals surface area contributed by atoms with E-state index in [0.717, 1.165) is 21.4 Å². The number of anilines is 1. The normalized spacial score (nSPS) is 12.3. The minimum atomic E-state index is -0.431. The standard InChI is InChI=1S/C16H19BrFN3O/c1-9-5-6-13(18)14(7-9)19-16(22)10(2)8-21-12(4)15(17)11(3)20-21/h5-7,10H,8H2,1-4H3,(H,19,22)/t10-/m1/s1. The van der Waals surface area contributed by atoms with Crippen LogP contribution in [0.1, 0.15) is 23.9 Å². The first-order valence-corrected chi connectivity index (χ1v) is 7.85. The van der Waals surface area contributed by atoms with Crippen molar-refractivity contribution in [3.05, 3.63) is 45.4 Å². The third-order valence-electron chi connectivity index (χ3n) is 3.57. The lowest BCUT2D eigenvalue weighted by Crippen LogP contribution is -2.25. The minimum Gasteiger partial charge on any atom is -0.323 e. The van der Waals surface area contributed by atoms with E-state index in [4.69, 9.17) is 0 Å². The average molecular weight is 368 g/mol. The van der Waals surface area contributed by atoms with Crippen LogP contribution in [0, 0.1) is 32.5 Å².